The maximum absolute atomic E-state index is 12.1. The van der Waals surface area contributed by atoms with Gasteiger partial charge in [0.25, 0.3) is 0 Å². The largest absolute Gasteiger partial charge is 0.478 e. The van der Waals surface area contributed by atoms with Crippen LogP contribution in [-0.2, 0) is 0 Å². The van der Waals surface area contributed by atoms with Crippen LogP contribution in [-0.4, -0.2) is 23.1 Å². The molecule has 0 unspecified atom stereocenters. The van der Waals surface area contributed by atoms with Crippen molar-refractivity contribution in [1.82, 2.24) is 5.32 Å². The summed E-state index contributed by atoms with van der Waals surface area (Å²) in [7, 11) is 0. The van der Waals surface area contributed by atoms with E-state index < -0.39 is 5.97 Å². The average Bonchev–Trinajstić information content (AvgIpc) is 3.30. The molecule has 0 radical (unpaired) electrons. The number of aromatic carboxylic acids is 1. The number of carbonyl (C=O) groups is 2. The van der Waals surface area contributed by atoms with E-state index in [1.807, 2.05) is 0 Å². The fourth-order valence-electron chi connectivity index (χ4n) is 2.78. The molecule has 0 spiro atoms. The van der Waals surface area contributed by atoms with Gasteiger partial charge >= 0.3 is 12.0 Å². The number of carboxylic acids is 1. The Hall–Kier alpha value is -2.04. The Morgan fingerprint density at radius 1 is 1.19 bits per heavy atom. The summed E-state index contributed by atoms with van der Waals surface area (Å²) < 4.78 is 0. The average molecular weight is 288 g/mol. The van der Waals surface area contributed by atoms with Crippen LogP contribution in [0.3, 0.4) is 0 Å². The number of rotatable bonds is 5. The van der Waals surface area contributed by atoms with Crippen LogP contribution >= 0.6 is 0 Å². The van der Waals surface area contributed by atoms with Gasteiger partial charge in [-0.2, -0.15) is 0 Å². The number of nitrogens with one attached hydrogen (secondary N) is 2. The molecule has 3 N–H and O–H groups in total. The van der Waals surface area contributed by atoms with Gasteiger partial charge in [-0.05, 0) is 62.1 Å². The van der Waals surface area contributed by atoms with E-state index in [0.717, 1.165) is 0 Å². The van der Waals surface area contributed by atoms with E-state index in [1.54, 1.807) is 19.1 Å². The van der Waals surface area contributed by atoms with Crippen LogP contribution in [0.25, 0.3) is 0 Å². The maximum Gasteiger partial charge on any atom is 0.336 e. The van der Waals surface area contributed by atoms with E-state index in [2.05, 4.69) is 10.6 Å². The molecule has 2 aliphatic rings. The van der Waals surface area contributed by atoms with Crippen LogP contribution in [0.1, 0.15) is 41.6 Å². The van der Waals surface area contributed by atoms with Gasteiger partial charge in [0.05, 0.1) is 5.56 Å². The predicted molar refractivity (Wildman–Crippen MR) is 79.5 cm³/mol. The predicted octanol–water partition coefficient (Wildman–Crippen LogP) is 3.00. The summed E-state index contributed by atoms with van der Waals surface area (Å²) in [6.45, 7) is 1.74. The Morgan fingerprint density at radius 3 is 2.33 bits per heavy atom. The summed E-state index contributed by atoms with van der Waals surface area (Å²) in [4.78, 5) is 23.2. The van der Waals surface area contributed by atoms with Gasteiger partial charge in [0.15, 0.2) is 0 Å². The van der Waals surface area contributed by atoms with E-state index in [0.29, 0.717) is 23.1 Å². The second kappa shape index (κ2) is 5.39. The van der Waals surface area contributed by atoms with Crippen LogP contribution in [0.5, 0.6) is 0 Å². The molecule has 0 aliphatic heterocycles. The Balaban J connectivity index is 1.64. The van der Waals surface area contributed by atoms with Gasteiger partial charge in [0.2, 0.25) is 0 Å². The third kappa shape index (κ3) is 3.35. The molecule has 0 bridgehead atoms. The number of benzene rings is 1. The molecule has 0 heterocycles. The number of carbonyl (C=O) groups excluding carboxylic acids is 1. The molecule has 21 heavy (non-hydrogen) atoms. The second-order valence-electron chi connectivity index (χ2n) is 6.13. The van der Waals surface area contributed by atoms with Gasteiger partial charge in [0.1, 0.15) is 0 Å². The Kier molecular flexibility index (Phi) is 3.57. The van der Waals surface area contributed by atoms with E-state index in [4.69, 9.17) is 5.11 Å². The standard InChI is InChI=1S/C16H20N2O3/c1-9-2-7-12(8-13(9)15(19)20)17-16(21)18-14(10-3-4-10)11-5-6-11/h2,7-8,10-11,14H,3-6H2,1H3,(H,19,20)(H2,17,18,21). The molecule has 2 fully saturated rings. The molecule has 112 valence electrons. The van der Waals surface area contributed by atoms with Crippen molar-refractivity contribution >= 4 is 17.7 Å². The van der Waals surface area contributed by atoms with Crippen LogP contribution in [0.15, 0.2) is 18.2 Å². The number of hydrogen-bond acceptors (Lipinski definition) is 2. The van der Waals surface area contributed by atoms with Crippen LogP contribution < -0.4 is 10.6 Å². The van der Waals surface area contributed by atoms with Gasteiger partial charge in [0, 0.05) is 11.7 Å². The van der Waals surface area contributed by atoms with Gasteiger partial charge < -0.3 is 15.7 Å². The third-order valence-electron chi connectivity index (χ3n) is 4.28. The minimum absolute atomic E-state index is 0.216. The Bertz CT molecular complexity index is 565. The van der Waals surface area contributed by atoms with Crippen molar-refractivity contribution in [3.8, 4) is 0 Å². The molecule has 1 aromatic rings. The summed E-state index contributed by atoms with van der Waals surface area (Å²) in [5.74, 6) is 0.289. The first-order valence-electron chi connectivity index (χ1n) is 7.46. The number of anilines is 1. The topological polar surface area (TPSA) is 78.4 Å². The zero-order chi connectivity index (χ0) is 15.0. The summed E-state index contributed by atoms with van der Waals surface area (Å²) >= 11 is 0. The monoisotopic (exact) mass is 288 g/mol. The highest BCUT2D eigenvalue weighted by Crippen LogP contribution is 2.44. The lowest BCUT2D eigenvalue weighted by atomic mass is 10.1. The van der Waals surface area contributed by atoms with Crippen molar-refractivity contribution in [3.63, 3.8) is 0 Å². The molecular formula is C16H20N2O3. The lowest BCUT2D eigenvalue weighted by Crippen LogP contribution is -2.40. The van der Waals surface area contributed by atoms with E-state index in [1.165, 1.54) is 31.7 Å². The number of aryl methyl sites for hydroxylation is 1. The Labute approximate surface area is 123 Å². The van der Waals surface area contributed by atoms with Crippen molar-refractivity contribution in [2.45, 2.75) is 38.6 Å². The van der Waals surface area contributed by atoms with Gasteiger partial charge in [-0.25, -0.2) is 9.59 Å². The van der Waals surface area contributed by atoms with Gasteiger partial charge in [-0.1, -0.05) is 6.07 Å². The molecule has 2 saturated carbocycles. The minimum Gasteiger partial charge on any atom is -0.478 e. The molecule has 2 aliphatic carbocycles. The van der Waals surface area contributed by atoms with Crippen molar-refractivity contribution in [3.05, 3.63) is 29.3 Å². The van der Waals surface area contributed by atoms with Crippen LogP contribution in [0.2, 0.25) is 0 Å². The van der Waals surface area contributed by atoms with Crippen LogP contribution in [0.4, 0.5) is 10.5 Å². The quantitative estimate of drug-likeness (QED) is 0.779. The molecule has 5 heteroatoms. The summed E-state index contributed by atoms with van der Waals surface area (Å²) in [6.07, 6.45) is 4.81. The molecule has 0 aromatic heterocycles. The van der Waals surface area contributed by atoms with Gasteiger partial charge in [-0.3, -0.25) is 0 Å². The van der Waals surface area contributed by atoms with Crippen molar-refractivity contribution in [2.24, 2.45) is 11.8 Å². The molecule has 0 saturated heterocycles. The van der Waals surface area contributed by atoms with Crippen molar-refractivity contribution in [2.75, 3.05) is 5.32 Å². The highest BCUT2D eigenvalue weighted by molar-refractivity contribution is 5.94. The van der Waals surface area contributed by atoms with Crippen molar-refractivity contribution < 1.29 is 14.7 Å². The number of carboxylic acid groups (broad SMARTS) is 1. The van der Waals surface area contributed by atoms with Gasteiger partial charge in [-0.15, -0.1) is 0 Å². The molecular weight excluding hydrogens is 268 g/mol. The fraction of sp³-hybridized carbons (Fsp3) is 0.500. The molecule has 2 amide bonds. The normalized spacial score (nSPS) is 17.6. The van der Waals surface area contributed by atoms with Crippen molar-refractivity contribution in [1.29, 1.82) is 0 Å². The first-order valence-corrected chi connectivity index (χ1v) is 7.46. The summed E-state index contributed by atoms with van der Waals surface area (Å²) in [5, 5.41) is 14.9. The summed E-state index contributed by atoms with van der Waals surface area (Å²) in [5.41, 5.74) is 1.41. The number of amides is 2. The second-order valence-corrected chi connectivity index (χ2v) is 6.13. The molecule has 3 rings (SSSR count). The highest BCUT2D eigenvalue weighted by atomic mass is 16.4. The maximum atomic E-state index is 12.1. The first-order chi connectivity index (χ1) is 10.0. The molecule has 0 atom stereocenters. The zero-order valence-corrected chi connectivity index (χ0v) is 12.1. The highest BCUT2D eigenvalue weighted by Gasteiger charge is 2.42. The molecule has 1 aromatic carbocycles. The number of urea groups is 1. The van der Waals surface area contributed by atoms with E-state index in [9.17, 15) is 9.59 Å². The number of hydrogen-bond donors (Lipinski definition) is 3. The lowest BCUT2D eigenvalue weighted by Gasteiger charge is -2.18. The lowest BCUT2D eigenvalue weighted by molar-refractivity contribution is 0.0696. The Morgan fingerprint density at radius 2 is 1.81 bits per heavy atom. The van der Waals surface area contributed by atoms with E-state index in [-0.39, 0.29) is 17.6 Å². The smallest absolute Gasteiger partial charge is 0.336 e. The zero-order valence-electron chi connectivity index (χ0n) is 12.1. The van der Waals surface area contributed by atoms with Crippen LogP contribution in [0, 0.1) is 18.8 Å². The third-order valence-corrected chi connectivity index (χ3v) is 4.28. The summed E-state index contributed by atoms with van der Waals surface area (Å²) in [6, 6.07) is 4.98. The molecule has 5 nitrogen and oxygen atoms in total. The first kappa shape index (κ1) is 13.9. The fourth-order valence-corrected chi connectivity index (χ4v) is 2.78. The van der Waals surface area contributed by atoms with E-state index >= 15 is 0 Å². The minimum atomic E-state index is -0.981. The SMILES string of the molecule is Cc1ccc(NC(=O)NC(C2CC2)C2CC2)cc1C(=O)O.